The summed E-state index contributed by atoms with van der Waals surface area (Å²) < 4.78 is 17.3. The van der Waals surface area contributed by atoms with Gasteiger partial charge in [0.1, 0.15) is 42.8 Å². The van der Waals surface area contributed by atoms with Gasteiger partial charge in [-0.3, -0.25) is 33.4 Å². The van der Waals surface area contributed by atoms with Crippen molar-refractivity contribution in [2.45, 2.75) is 108 Å². The Balaban J connectivity index is 0.000000402. The number of amides is 1. The summed E-state index contributed by atoms with van der Waals surface area (Å²) in [7, 11) is 2.44. The van der Waals surface area contributed by atoms with Crippen LogP contribution in [0.1, 0.15) is 60.6 Å². The van der Waals surface area contributed by atoms with Crippen LogP contribution in [0.3, 0.4) is 0 Å². The van der Waals surface area contributed by atoms with Gasteiger partial charge in [0.05, 0.1) is 57.2 Å². The first-order chi connectivity index (χ1) is 32.0. The van der Waals surface area contributed by atoms with Gasteiger partial charge >= 0.3 is 35.8 Å². The fourth-order valence-electron chi connectivity index (χ4n) is 6.99. The highest BCUT2D eigenvalue weighted by Gasteiger charge is 2.44. The molecular formula is C44H58ClN5O19. The number of carbonyl (C=O) groups excluding carboxylic acids is 4. The van der Waals surface area contributed by atoms with Crippen molar-refractivity contribution in [3.63, 3.8) is 0 Å². The Kier molecular flexibility index (Phi) is 23.2. The number of aliphatic hydroxyl groups is 4. The Labute approximate surface area is 399 Å². The predicted molar refractivity (Wildman–Crippen MR) is 244 cm³/mol. The molecule has 1 aliphatic rings. The van der Waals surface area contributed by atoms with E-state index in [4.69, 9.17) is 25.8 Å². The van der Waals surface area contributed by atoms with Crippen LogP contribution in [-0.2, 0) is 65.4 Å². The molecule has 1 saturated heterocycles. The van der Waals surface area contributed by atoms with Gasteiger partial charge in [0.15, 0.2) is 6.23 Å². The smallest absolute Gasteiger partial charge is 0.326 e. The number of aliphatic hydroxyl groups excluding tert-OH is 4. The van der Waals surface area contributed by atoms with Crippen LogP contribution in [0.25, 0.3) is 21.8 Å². The van der Waals surface area contributed by atoms with E-state index in [0.29, 0.717) is 28.3 Å². The molecule has 0 spiro atoms. The topological polar surface area (TPSA) is 386 Å². The summed E-state index contributed by atoms with van der Waals surface area (Å²) in [6.45, 7) is 3.15. The molecule has 8 atom stereocenters. The van der Waals surface area contributed by atoms with E-state index in [-0.39, 0.29) is 50.9 Å². The number of aliphatic carboxylic acids is 4. The van der Waals surface area contributed by atoms with Gasteiger partial charge in [-0.05, 0) is 62.1 Å². The number of carboxylic acids is 4. The van der Waals surface area contributed by atoms with Gasteiger partial charge in [0.2, 0.25) is 5.91 Å². The number of carboxylic acid groups (broad SMARTS) is 4. The molecule has 1 fully saturated rings. The van der Waals surface area contributed by atoms with Gasteiger partial charge in [0.25, 0.3) is 0 Å². The molecule has 5 rings (SSSR count). The van der Waals surface area contributed by atoms with Crippen LogP contribution in [-0.4, -0.2) is 161 Å². The van der Waals surface area contributed by atoms with Gasteiger partial charge in [-0.2, -0.15) is 0 Å². The van der Waals surface area contributed by atoms with Crippen molar-refractivity contribution < 1.29 is 93.4 Å². The minimum absolute atomic E-state index is 0. The van der Waals surface area contributed by atoms with Gasteiger partial charge in [-0.15, -0.1) is 12.4 Å². The number of nitrogens with zero attached hydrogens (tertiary/aromatic N) is 2. The highest BCUT2D eigenvalue weighted by molar-refractivity contribution is 5.92. The number of esters is 2. The van der Waals surface area contributed by atoms with Crippen molar-refractivity contribution in [2.24, 2.45) is 5.73 Å². The Morgan fingerprint density at radius 1 is 0.783 bits per heavy atom. The molecule has 3 heterocycles. The number of methoxy groups -OCH3 is 2. The maximum absolute atomic E-state index is 12.6. The van der Waals surface area contributed by atoms with Crippen LogP contribution in [0.15, 0.2) is 48.8 Å². The summed E-state index contributed by atoms with van der Waals surface area (Å²) in [6, 6.07) is 7.95. The number of nitrogens with two attached hydrogens (primary N) is 1. The van der Waals surface area contributed by atoms with Crippen molar-refractivity contribution in [3.8, 4) is 0 Å². The van der Waals surface area contributed by atoms with E-state index in [9.17, 15) is 63.9 Å². The van der Waals surface area contributed by atoms with Gasteiger partial charge in [-0.25, -0.2) is 4.79 Å². The number of nitrogens with one attached hydrogen (secondary N) is 2. The molecule has 1 amide bonds. The molecule has 12 N–H and O–H groups in total. The van der Waals surface area contributed by atoms with E-state index in [2.05, 4.69) is 20.2 Å². The second-order valence-corrected chi connectivity index (χ2v) is 15.7. The van der Waals surface area contributed by atoms with Crippen LogP contribution in [0.2, 0.25) is 0 Å². The zero-order valence-electron chi connectivity index (χ0n) is 37.9. The van der Waals surface area contributed by atoms with Gasteiger partial charge < -0.3 is 80.9 Å². The first kappa shape index (κ1) is 58.5. The Hall–Kier alpha value is -6.67. The molecule has 1 aliphatic heterocycles. The molecule has 0 radical (unpaired) electrons. The normalized spacial score (nSPS) is 18.6. The van der Waals surface area contributed by atoms with E-state index in [1.54, 1.807) is 29.1 Å². The quantitative estimate of drug-likeness (QED) is 0.0407. The van der Waals surface area contributed by atoms with E-state index in [1.807, 2.05) is 32.0 Å². The Morgan fingerprint density at radius 3 is 1.87 bits per heavy atom. The lowest BCUT2D eigenvalue weighted by Gasteiger charge is -2.40. The second-order valence-electron chi connectivity index (χ2n) is 15.7. The number of carbonyl (C=O) groups is 8. The lowest BCUT2D eigenvalue weighted by molar-refractivity contribution is -0.250. The molecule has 69 heavy (non-hydrogen) atoms. The molecule has 0 aliphatic carbocycles. The highest BCUT2D eigenvalue weighted by atomic mass is 35.5. The third kappa shape index (κ3) is 16.8. The number of ether oxygens (including phenoxy) is 3. The SMILES string of the molecule is COC(=O)CC(N)C(=O)OC.Cc1ccc2c(c1)c(CC(=O)N[C@H](CCC(=O)O)C(=O)O)cn2[C@@H]1O[C@H](CO)[C@@H](O)[C@H](O)[C@H]1O.Cc1ccc2c(c1)c(CC(=O)O)cn2N[C@H](C=O)CCC(=O)O.Cl. The number of halogens is 1. The summed E-state index contributed by atoms with van der Waals surface area (Å²) in [5.74, 6) is -6.24. The summed E-state index contributed by atoms with van der Waals surface area (Å²) in [5.41, 5.74) is 12.4. The molecule has 4 aromatic rings. The molecule has 0 saturated carbocycles. The molecule has 1 unspecified atom stereocenters. The first-order valence-corrected chi connectivity index (χ1v) is 20.9. The van der Waals surface area contributed by atoms with Crippen molar-refractivity contribution in [2.75, 3.05) is 26.3 Å². The average molecular weight is 996 g/mol. The third-order valence-corrected chi connectivity index (χ3v) is 10.5. The highest BCUT2D eigenvalue weighted by Crippen LogP contribution is 2.34. The second kappa shape index (κ2) is 27.4. The predicted octanol–water partition coefficient (Wildman–Crippen LogP) is -0.0770. The van der Waals surface area contributed by atoms with Crippen molar-refractivity contribution >= 4 is 82.2 Å². The Morgan fingerprint density at radius 2 is 1.35 bits per heavy atom. The van der Waals surface area contributed by atoms with Crippen LogP contribution < -0.4 is 16.5 Å². The fourth-order valence-corrected chi connectivity index (χ4v) is 6.99. The number of rotatable bonds is 20. The van der Waals surface area contributed by atoms with E-state index in [1.165, 1.54) is 25.0 Å². The largest absolute Gasteiger partial charge is 0.481 e. The Bertz CT molecular complexity index is 2440. The number of benzene rings is 2. The van der Waals surface area contributed by atoms with E-state index >= 15 is 0 Å². The minimum atomic E-state index is -1.59. The molecule has 25 heteroatoms. The molecule has 0 bridgehead atoms. The zero-order valence-corrected chi connectivity index (χ0v) is 38.7. The summed E-state index contributed by atoms with van der Waals surface area (Å²) in [5, 5.41) is 79.8. The monoisotopic (exact) mass is 995 g/mol. The number of aromatic nitrogens is 2. The number of aryl methyl sites for hydroxylation is 2. The van der Waals surface area contributed by atoms with Crippen molar-refractivity contribution in [3.05, 3.63) is 71.0 Å². The van der Waals surface area contributed by atoms with Crippen LogP contribution in [0, 0.1) is 13.8 Å². The van der Waals surface area contributed by atoms with Gasteiger partial charge in [-0.1, -0.05) is 23.3 Å². The number of fused-ring (bicyclic) bond motifs is 2. The fraction of sp³-hybridized carbons (Fsp3) is 0.455. The lowest BCUT2D eigenvalue weighted by atomic mass is 9.98. The molecular weight excluding hydrogens is 938 g/mol. The summed E-state index contributed by atoms with van der Waals surface area (Å²) in [4.78, 5) is 88.7. The maximum Gasteiger partial charge on any atom is 0.326 e. The molecule has 380 valence electrons. The zero-order chi connectivity index (χ0) is 51.0. The van der Waals surface area contributed by atoms with E-state index < -0.39 is 104 Å². The van der Waals surface area contributed by atoms with Crippen molar-refractivity contribution in [1.29, 1.82) is 0 Å². The van der Waals surface area contributed by atoms with Crippen LogP contribution >= 0.6 is 12.4 Å². The van der Waals surface area contributed by atoms with Gasteiger partial charge in [0, 0.05) is 36.0 Å². The molecule has 2 aromatic heterocycles. The van der Waals surface area contributed by atoms with Crippen LogP contribution in [0.4, 0.5) is 0 Å². The first-order valence-electron chi connectivity index (χ1n) is 20.9. The lowest BCUT2D eigenvalue weighted by Crippen LogP contribution is -2.56. The minimum Gasteiger partial charge on any atom is -0.481 e. The number of aldehydes is 1. The average Bonchev–Trinajstić information content (AvgIpc) is 3.80. The number of hydrogen-bond donors (Lipinski definition) is 11. The number of hydrogen-bond acceptors (Lipinski definition) is 17. The summed E-state index contributed by atoms with van der Waals surface area (Å²) in [6.07, 6.45) is -4.35. The van der Waals surface area contributed by atoms with E-state index in [0.717, 1.165) is 22.0 Å². The third-order valence-electron chi connectivity index (χ3n) is 10.5. The molecule has 2 aromatic carbocycles. The molecule has 24 nitrogen and oxygen atoms in total. The maximum atomic E-state index is 12.6. The van der Waals surface area contributed by atoms with Crippen molar-refractivity contribution in [1.82, 2.24) is 14.6 Å². The standard InChI is InChI=1S/C22H28N2O10.C16H18N2O5.C6H11NO4.ClH/c1-10-2-4-14-12(6-10)11(7-16(26)23-13(22(32)33)3-5-17(27)28)8-24(14)21-20(31)19(30)18(29)15(9-25)34-21;1-10-2-4-14-13(6-10)11(7-16(22)23)8-18(14)17-12(9-19)3-5-15(20)21;1-10-5(8)3-4(7)6(9)11-2;/h2,4,6,8,13,15,18-21,25,29-31H,3,5,7,9H2,1H3,(H,23,26)(H,27,28)(H,32,33);2,4,6,8-9,12,17H,3,5,7H2,1H3,(H,20,21)(H,22,23);4H,3,7H2,1-2H3;1H/t13-,15-,18-,19+,20-,21-;12-;;/m10../s1. The van der Waals surface area contributed by atoms with Crippen LogP contribution in [0.5, 0.6) is 0 Å². The summed E-state index contributed by atoms with van der Waals surface area (Å²) >= 11 is 0.